The Balaban J connectivity index is 2.29. The van der Waals surface area contributed by atoms with Crippen molar-refractivity contribution in [2.45, 2.75) is 32.1 Å². The Morgan fingerprint density at radius 3 is 2.80 bits per heavy atom. The van der Waals surface area contributed by atoms with Gasteiger partial charge in [0.1, 0.15) is 5.71 Å². The van der Waals surface area contributed by atoms with Crippen molar-refractivity contribution < 1.29 is 29.0 Å². The number of amides is 1. The highest BCUT2D eigenvalue weighted by Crippen LogP contribution is 2.38. The average molecular weight is 369 g/mol. The van der Waals surface area contributed by atoms with E-state index in [4.69, 9.17) is 9.99 Å². The Labute approximate surface area is 149 Å². The number of anilines is 2. The lowest BCUT2D eigenvalue weighted by molar-refractivity contribution is -0.432. The average Bonchev–Trinajstić information content (AvgIpc) is 3.00. The van der Waals surface area contributed by atoms with Gasteiger partial charge in [0.2, 0.25) is 5.91 Å². The van der Waals surface area contributed by atoms with E-state index in [1.165, 1.54) is 13.8 Å². The fourth-order valence-electron chi connectivity index (χ4n) is 2.38. The van der Waals surface area contributed by atoms with E-state index in [0.717, 1.165) is 23.3 Å². The van der Waals surface area contributed by atoms with Crippen LogP contribution in [-0.2, 0) is 30.1 Å². The smallest absolute Gasteiger partial charge is 0.354 e. The summed E-state index contributed by atoms with van der Waals surface area (Å²) in [6, 6.07) is 3.54. The van der Waals surface area contributed by atoms with E-state index in [0.29, 0.717) is 23.5 Å². The van der Waals surface area contributed by atoms with Crippen molar-refractivity contribution >= 4 is 41.0 Å². The van der Waals surface area contributed by atoms with Crippen LogP contribution in [0.5, 0.6) is 0 Å². The van der Waals surface area contributed by atoms with Gasteiger partial charge in [0.15, 0.2) is 0 Å². The zero-order chi connectivity index (χ0) is 18.4. The lowest BCUT2D eigenvalue weighted by Gasteiger charge is -2.16. The van der Waals surface area contributed by atoms with Crippen molar-refractivity contribution in [1.82, 2.24) is 0 Å². The summed E-state index contributed by atoms with van der Waals surface area (Å²) in [7, 11) is 0. The lowest BCUT2D eigenvalue weighted by Crippen LogP contribution is -2.25. The molecule has 0 fully saturated rings. The van der Waals surface area contributed by atoms with E-state index in [9.17, 15) is 9.59 Å². The predicted molar refractivity (Wildman–Crippen MR) is 92.2 cm³/mol. The first-order chi connectivity index (χ1) is 12.0. The van der Waals surface area contributed by atoms with Gasteiger partial charge in [0.05, 0.1) is 29.2 Å². The van der Waals surface area contributed by atoms with Gasteiger partial charge in [-0.25, -0.2) is 10.1 Å². The highest BCUT2D eigenvalue weighted by atomic mass is 32.2. The van der Waals surface area contributed by atoms with Crippen molar-refractivity contribution in [1.29, 1.82) is 0 Å². The normalized spacial score (nSPS) is 13.6. The number of hydrogen-bond acceptors (Lipinski definition) is 9. The van der Waals surface area contributed by atoms with Gasteiger partial charge in [-0.15, -0.1) is 4.33 Å². The summed E-state index contributed by atoms with van der Waals surface area (Å²) in [5.41, 5.74) is 5.19. The molecule has 9 nitrogen and oxygen atoms in total. The largest absolute Gasteiger partial charge is 0.461 e. The van der Waals surface area contributed by atoms with Crippen LogP contribution in [0.2, 0.25) is 0 Å². The molecule has 10 heteroatoms. The Morgan fingerprint density at radius 1 is 1.40 bits per heavy atom. The summed E-state index contributed by atoms with van der Waals surface area (Å²) in [6.45, 7) is 5.57. The molecule has 25 heavy (non-hydrogen) atoms. The van der Waals surface area contributed by atoms with Crippen LogP contribution in [0.1, 0.15) is 26.3 Å². The van der Waals surface area contributed by atoms with E-state index >= 15 is 0 Å². The minimum Gasteiger partial charge on any atom is -0.461 e. The molecule has 1 aromatic rings. The molecule has 0 aliphatic carbocycles. The molecule has 1 aliphatic rings. The van der Waals surface area contributed by atoms with E-state index < -0.39 is 5.97 Å². The molecule has 136 valence electrons. The maximum absolute atomic E-state index is 11.7. The number of fused-ring (bicyclic) bond motifs is 1. The second kappa shape index (κ2) is 8.81. The molecule has 0 saturated heterocycles. The Morgan fingerprint density at radius 2 is 2.16 bits per heavy atom. The Bertz CT molecular complexity index is 694. The predicted octanol–water partition coefficient (Wildman–Crippen LogP) is 2.37. The minimum absolute atomic E-state index is 0.0640. The second-order valence-electron chi connectivity index (χ2n) is 5.15. The zero-order valence-corrected chi connectivity index (χ0v) is 14.9. The number of carbonyl (C=O) groups excluding carboxylic acids is 2. The van der Waals surface area contributed by atoms with Gasteiger partial charge in [-0.05, 0) is 38.0 Å². The molecule has 1 amide bonds. The first-order valence-electron chi connectivity index (χ1n) is 7.55. The molecule has 2 rings (SSSR count). The number of hydrazone groups is 1. The molecule has 0 unspecified atom stereocenters. The van der Waals surface area contributed by atoms with Crippen LogP contribution in [0.3, 0.4) is 0 Å². The summed E-state index contributed by atoms with van der Waals surface area (Å²) in [6.07, 6.45) is 0.701. The molecule has 0 bridgehead atoms. The summed E-state index contributed by atoms with van der Waals surface area (Å²) >= 11 is 0.739. The van der Waals surface area contributed by atoms with Crippen LogP contribution in [0.4, 0.5) is 11.4 Å². The van der Waals surface area contributed by atoms with Crippen molar-refractivity contribution in [3.05, 3.63) is 17.7 Å². The molecule has 0 atom stereocenters. The number of rotatable bonds is 7. The number of ether oxygens (including phenoxy) is 1. The molecule has 1 heterocycles. The first-order valence-corrected chi connectivity index (χ1v) is 8.29. The highest BCUT2D eigenvalue weighted by molar-refractivity contribution is 7.94. The number of benzene rings is 1. The van der Waals surface area contributed by atoms with Crippen molar-refractivity contribution in [2.24, 2.45) is 5.10 Å². The van der Waals surface area contributed by atoms with Gasteiger partial charge in [-0.1, -0.05) is 5.04 Å². The van der Waals surface area contributed by atoms with Crippen LogP contribution >= 0.6 is 12.0 Å². The monoisotopic (exact) mass is 369 g/mol. The number of nitrogens with one attached hydrogen (secondary N) is 1. The van der Waals surface area contributed by atoms with Crippen molar-refractivity contribution in [3.8, 4) is 0 Å². The highest BCUT2D eigenvalue weighted by Gasteiger charge is 2.24. The lowest BCUT2D eigenvalue weighted by atomic mass is 10.1. The molecule has 0 aromatic heterocycles. The molecule has 0 radical (unpaired) electrons. The van der Waals surface area contributed by atoms with E-state index in [1.807, 2.05) is 6.07 Å². The number of nitrogens with zero attached hydrogens (tertiary/aromatic N) is 2. The van der Waals surface area contributed by atoms with Crippen LogP contribution in [0.25, 0.3) is 0 Å². The van der Waals surface area contributed by atoms with Crippen LogP contribution in [0.15, 0.2) is 22.1 Å². The van der Waals surface area contributed by atoms with E-state index in [-0.39, 0.29) is 18.2 Å². The van der Waals surface area contributed by atoms with Gasteiger partial charge in [-0.2, -0.15) is 5.10 Å². The summed E-state index contributed by atoms with van der Waals surface area (Å²) in [5.74, 6) is -0.589. The number of hydrogen-bond donors (Lipinski definition) is 2. The summed E-state index contributed by atoms with van der Waals surface area (Å²) in [4.78, 5) is 25.5. The number of esters is 1. The number of carbonyl (C=O) groups is 2. The van der Waals surface area contributed by atoms with Gasteiger partial charge in [0, 0.05) is 19.2 Å². The fraction of sp³-hybridized carbons (Fsp3) is 0.400. The second-order valence-corrected chi connectivity index (χ2v) is 5.90. The van der Waals surface area contributed by atoms with Gasteiger partial charge >= 0.3 is 5.97 Å². The summed E-state index contributed by atoms with van der Waals surface area (Å²) < 4.78 is 9.36. The van der Waals surface area contributed by atoms with E-state index in [1.54, 1.807) is 17.9 Å². The molecular weight excluding hydrogens is 350 g/mol. The van der Waals surface area contributed by atoms with Crippen molar-refractivity contribution in [3.63, 3.8) is 0 Å². The molecule has 2 N–H and O–H groups in total. The molecule has 1 aromatic carbocycles. The van der Waals surface area contributed by atoms with Crippen LogP contribution in [-0.4, -0.2) is 36.0 Å². The molecular formula is C15H19N3O6S. The maximum atomic E-state index is 11.7. The third-order valence-electron chi connectivity index (χ3n) is 3.53. The zero-order valence-electron chi connectivity index (χ0n) is 14.1. The molecule has 1 aliphatic heterocycles. The van der Waals surface area contributed by atoms with E-state index in [2.05, 4.69) is 19.9 Å². The summed E-state index contributed by atoms with van der Waals surface area (Å²) in [5, 5.41) is 16.0. The third kappa shape index (κ3) is 4.69. The first kappa shape index (κ1) is 19.2. The fourth-order valence-corrected chi connectivity index (χ4v) is 2.84. The Kier molecular flexibility index (Phi) is 6.76. The van der Waals surface area contributed by atoms with Gasteiger partial charge in [0.25, 0.3) is 0 Å². The van der Waals surface area contributed by atoms with Gasteiger partial charge < -0.3 is 9.64 Å². The van der Waals surface area contributed by atoms with Crippen LogP contribution in [0, 0.1) is 0 Å². The Hall–Kier alpha value is -2.14. The molecule has 0 saturated carbocycles. The van der Waals surface area contributed by atoms with Gasteiger partial charge in [-0.3, -0.25) is 10.2 Å². The van der Waals surface area contributed by atoms with Crippen LogP contribution < -0.4 is 10.3 Å². The minimum atomic E-state index is -0.525. The van der Waals surface area contributed by atoms with Crippen molar-refractivity contribution in [2.75, 3.05) is 23.5 Å². The topological polar surface area (TPSA) is 110 Å². The maximum Gasteiger partial charge on any atom is 0.354 e. The quantitative estimate of drug-likeness (QED) is 0.248. The standard InChI is InChI=1S/C15H19N3O6S/c1-4-22-15(20)9(2)16-17-12-7-11-5-6-18(10(3)19)13(11)8-14(12)25-24-23-21/h7-8,17,21H,4-6H2,1-3H3/b16-9+. The SMILES string of the molecule is CCOC(=O)/C(C)=N/Nc1cc2c(cc1SOOO)N(C(C)=O)CC2. The molecule has 0 spiro atoms. The third-order valence-corrected chi connectivity index (χ3v) is 4.17.